The second kappa shape index (κ2) is 8.82. The molecular formula is C25H24O5. The van der Waals surface area contributed by atoms with Crippen LogP contribution < -0.4 is 9.47 Å². The van der Waals surface area contributed by atoms with E-state index < -0.39 is 11.9 Å². The van der Waals surface area contributed by atoms with Crippen molar-refractivity contribution in [3.05, 3.63) is 83.9 Å². The van der Waals surface area contributed by atoms with Gasteiger partial charge in [-0.1, -0.05) is 57.2 Å². The zero-order valence-electron chi connectivity index (χ0n) is 17.2. The summed E-state index contributed by atoms with van der Waals surface area (Å²) in [6.45, 7) is 6.78. The van der Waals surface area contributed by atoms with E-state index in [0.717, 1.165) is 11.1 Å². The number of hydrogen-bond acceptors (Lipinski definition) is 4. The minimum atomic E-state index is -1.19. The summed E-state index contributed by atoms with van der Waals surface area (Å²) < 4.78 is 11.1. The highest BCUT2D eigenvalue weighted by Gasteiger charge is 2.20. The lowest BCUT2D eigenvalue weighted by Crippen LogP contribution is -2.17. The van der Waals surface area contributed by atoms with Gasteiger partial charge in [0.15, 0.2) is 0 Å². The number of carbonyl (C=O) groups is 2. The number of benzene rings is 3. The van der Waals surface area contributed by atoms with E-state index in [1.807, 2.05) is 30.3 Å². The van der Waals surface area contributed by atoms with Crippen LogP contribution in [0, 0.1) is 5.41 Å². The Hall–Kier alpha value is -3.60. The van der Waals surface area contributed by atoms with Gasteiger partial charge in [0.25, 0.3) is 0 Å². The number of ether oxygens (including phenoxy) is 2. The third kappa shape index (κ3) is 5.47. The fourth-order valence-corrected chi connectivity index (χ4v) is 2.78. The minimum Gasteiger partial charge on any atom is -0.493 e. The number of esters is 1. The molecule has 5 nitrogen and oxygen atoms in total. The maximum atomic E-state index is 12.7. The van der Waals surface area contributed by atoms with Crippen molar-refractivity contribution in [3.63, 3.8) is 0 Å². The summed E-state index contributed by atoms with van der Waals surface area (Å²) in [5.41, 5.74) is 1.53. The van der Waals surface area contributed by atoms with Gasteiger partial charge < -0.3 is 14.6 Å². The maximum Gasteiger partial charge on any atom is 0.344 e. The Balaban J connectivity index is 1.81. The van der Waals surface area contributed by atoms with E-state index in [1.165, 1.54) is 6.07 Å². The molecule has 0 aromatic heterocycles. The standard InChI is InChI=1S/C25H24O5/c1-25(2,3)16-29-19-10-12-20(13-11-19)30-24(28)22-15-18(9-14-21(22)23(26)27)17-7-5-4-6-8-17/h4-15H,16H2,1-3H3,(H,26,27). The molecule has 1 N–H and O–H groups in total. The van der Waals surface area contributed by atoms with Crippen molar-refractivity contribution in [3.8, 4) is 22.6 Å². The van der Waals surface area contributed by atoms with Gasteiger partial charge in [-0.3, -0.25) is 0 Å². The van der Waals surface area contributed by atoms with Gasteiger partial charge in [-0.05, 0) is 52.9 Å². The zero-order valence-corrected chi connectivity index (χ0v) is 17.2. The third-order valence-electron chi connectivity index (χ3n) is 4.28. The number of carbonyl (C=O) groups excluding carboxylic acids is 1. The maximum absolute atomic E-state index is 12.7. The van der Waals surface area contributed by atoms with Crippen molar-refractivity contribution < 1.29 is 24.2 Å². The lowest BCUT2D eigenvalue weighted by atomic mass is 9.99. The van der Waals surface area contributed by atoms with Gasteiger partial charge in [0, 0.05) is 0 Å². The van der Waals surface area contributed by atoms with Crippen LogP contribution in [-0.2, 0) is 0 Å². The molecule has 0 unspecified atom stereocenters. The van der Waals surface area contributed by atoms with Crippen LogP contribution in [0.4, 0.5) is 0 Å². The second-order valence-corrected chi connectivity index (χ2v) is 8.14. The molecule has 0 aliphatic carbocycles. The summed E-state index contributed by atoms with van der Waals surface area (Å²) in [5.74, 6) is -0.937. The third-order valence-corrected chi connectivity index (χ3v) is 4.28. The van der Waals surface area contributed by atoms with Gasteiger partial charge in [0.1, 0.15) is 11.5 Å². The van der Waals surface area contributed by atoms with E-state index in [1.54, 1.807) is 36.4 Å². The molecule has 0 bridgehead atoms. The largest absolute Gasteiger partial charge is 0.493 e. The quantitative estimate of drug-likeness (QED) is 0.422. The van der Waals surface area contributed by atoms with Gasteiger partial charge >= 0.3 is 11.9 Å². The van der Waals surface area contributed by atoms with Crippen LogP contribution in [0.5, 0.6) is 11.5 Å². The predicted octanol–water partition coefficient (Wildman–Crippen LogP) is 5.70. The summed E-state index contributed by atoms with van der Waals surface area (Å²) in [4.78, 5) is 24.3. The highest BCUT2D eigenvalue weighted by molar-refractivity contribution is 6.04. The monoisotopic (exact) mass is 404 g/mol. The van der Waals surface area contributed by atoms with Crippen molar-refractivity contribution in [1.29, 1.82) is 0 Å². The van der Waals surface area contributed by atoms with Gasteiger partial charge in [0.05, 0.1) is 17.7 Å². The second-order valence-electron chi connectivity index (χ2n) is 8.14. The number of hydrogen-bond donors (Lipinski definition) is 1. The molecular weight excluding hydrogens is 380 g/mol. The number of rotatable bonds is 6. The Morgan fingerprint density at radius 1 is 0.800 bits per heavy atom. The lowest BCUT2D eigenvalue weighted by Gasteiger charge is -2.18. The molecule has 0 aliphatic heterocycles. The first-order valence-electron chi connectivity index (χ1n) is 9.61. The highest BCUT2D eigenvalue weighted by atomic mass is 16.5. The normalized spacial score (nSPS) is 11.0. The van der Waals surface area contributed by atoms with Crippen LogP contribution in [0.3, 0.4) is 0 Å². The molecule has 0 atom stereocenters. The van der Waals surface area contributed by atoms with E-state index in [9.17, 15) is 14.7 Å². The molecule has 0 spiro atoms. The van der Waals surface area contributed by atoms with Crippen LogP contribution in [-0.4, -0.2) is 23.7 Å². The molecule has 154 valence electrons. The van der Waals surface area contributed by atoms with Crippen molar-refractivity contribution in [1.82, 2.24) is 0 Å². The molecule has 0 saturated carbocycles. The summed E-state index contributed by atoms with van der Waals surface area (Å²) in [6, 6.07) is 20.7. The molecule has 0 heterocycles. The molecule has 0 amide bonds. The van der Waals surface area contributed by atoms with E-state index in [0.29, 0.717) is 18.1 Å². The van der Waals surface area contributed by atoms with Crippen molar-refractivity contribution >= 4 is 11.9 Å². The molecule has 0 aliphatic rings. The average Bonchev–Trinajstić information content (AvgIpc) is 2.73. The number of carboxylic acid groups (broad SMARTS) is 1. The highest BCUT2D eigenvalue weighted by Crippen LogP contribution is 2.25. The first-order chi connectivity index (χ1) is 14.2. The summed E-state index contributed by atoms with van der Waals surface area (Å²) in [6.07, 6.45) is 0. The molecule has 3 aromatic rings. The first-order valence-corrected chi connectivity index (χ1v) is 9.61. The molecule has 30 heavy (non-hydrogen) atoms. The van der Waals surface area contributed by atoms with Crippen LogP contribution in [0.2, 0.25) is 0 Å². The number of aromatic carboxylic acids is 1. The van der Waals surface area contributed by atoms with Gasteiger partial charge in [0.2, 0.25) is 0 Å². The Kier molecular flexibility index (Phi) is 6.21. The SMILES string of the molecule is CC(C)(C)COc1ccc(OC(=O)c2cc(-c3ccccc3)ccc2C(=O)O)cc1. The van der Waals surface area contributed by atoms with Gasteiger partial charge in [-0.25, -0.2) is 9.59 Å². The smallest absolute Gasteiger partial charge is 0.344 e. The molecule has 0 radical (unpaired) electrons. The summed E-state index contributed by atoms with van der Waals surface area (Å²) in [7, 11) is 0. The number of carboxylic acids is 1. The average molecular weight is 404 g/mol. The molecule has 3 aromatic carbocycles. The summed E-state index contributed by atoms with van der Waals surface area (Å²) in [5, 5.41) is 9.48. The lowest BCUT2D eigenvalue weighted by molar-refractivity contribution is 0.0668. The Labute approximate surface area is 175 Å². The van der Waals surface area contributed by atoms with Crippen molar-refractivity contribution in [2.45, 2.75) is 20.8 Å². The van der Waals surface area contributed by atoms with E-state index in [-0.39, 0.29) is 16.5 Å². The topological polar surface area (TPSA) is 72.8 Å². The van der Waals surface area contributed by atoms with Crippen LogP contribution in [0.15, 0.2) is 72.8 Å². The van der Waals surface area contributed by atoms with Crippen LogP contribution in [0.1, 0.15) is 41.5 Å². The van der Waals surface area contributed by atoms with E-state index in [4.69, 9.17) is 9.47 Å². The molecule has 0 saturated heterocycles. The predicted molar refractivity (Wildman–Crippen MR) is 115 cm³/mol. The zero-order chi connectivity index (χ0) is 21.7. The molecule has 3 rings (SSSR count). The van der Waals surface area contributed by atoms with Gasteiger partial charge in [-0.15, -0.1) is 0 Å². The van der Waals surface area contributed by atoms with E-state index >= 15 is 0 Å². The van der Waals surface area contributed by atoms with Gasteiger partial charge in [-0.2, -0.15) is 0 Å². The Morgan fingerprint density at radius 3 is 2.03 bits per heavy atom. The fraction of sp³-hybridized carbons (Fsp3) is 0.200. The molecule has 5 heteroatoms. The Bertz CT molecular complexity index is 1030. The molecule has 0 fully saturated rings. The fourth-order valence-electron chi connectivity index (χ4n) is 2.78. The van der Waals surface area contributed by atoms with Crippen molar-refractivity contribution in [2.24, 2.45) is 5.41 Å². The summed E-state index contributed by atoms with van der Waals surface area (Å²) >= 11 is 0. The first kappa shape index (κ1) is 21.1. The van der Waals surface area contributed by atoms with E-state index in [2.05, 4.69) is 20.8 Å². The van der Waals surface area contributed by atoms with Crippen molar-refractivity contribution in [2.75, 3.05) is 6.61 Å². The van der Waals surface area contributed by atoms with Crippen LogP contribution >= 0.6 is 0 Å². The van der Waals surface area contributed by atoms with Crippen LogP contribution in [0.25, 0.3) is 11.1 Å². The minimum absolute atomic E-state index is 0.00286. The Morgan fingerprint density at radius 2 is 1.43 bits per heavy atom.